The third-order valence-corrected chi connectivity index (χ3v) is 1.83. The first-order chi connectivity index (χ1) is 6.08. The Morgan fingerprint density at radius 2 is 2.08 bits per heavy atom. The van der Waals surface area contributed by atoms with E-state index in [1.807, 2.05) is 13.8 Å². The molecule has 0 aliphatic carbocycles. The van der Waals surface area contributed by atoms with E-state index in [9.17, 15) is 4.79 Å². The van der Waals surface area contributed by atoms with E-state index in [0.29, 0.717) is 0 Å². The molecule has 0 aromatic rings. The number of primary amides is 1. The van der Waals surface area contributed by atoms with Gasteiger partial charge in [0.1, 0.15) is 0 Å². The highest BCUT2D eigenvalue weighted by atomic mass is 16.5. The number of ether oxygens (including phenoxy) is 1. The number of hydrazone groups is 1. The van der Waals surface area contributed by atoms with Crippen LogP contribution in [0.15, 0.2) is 5.10 Å². The molecule has 1 aliphatic heterocycles. The van der Waals surface area contributed by atoms with Crippen LogP contribution in [0.3, 0.4) is 0 Å². The normalized spacial score (nSPS) is 28.3. The molecular formula is C8H15N3O2. The molecule has 0 bridgehead atoms. The van der Waals surface area contributed by atoms with E-state index in [0.717, 1.165) is 18.6 Å². The van der Waals surface area contributed by atoms with Crippen LogP contribution in [0.25, 0.3) is 0 Å². The third kappa shape index (κ3) is 3.42. The minimum atomic E-state index is -0.626. The smallest absolute Gasteiger partial charge is 0.332 e. The molecule has 5 nitrogen and oxygen atoms in total. The molecule has 5 heteroatoms. The predicted molar refractivity (Wildman–Crippen MR) is 49.4 cm³/mol. The summed E-state index contributed by atoms with van der Waals surface area (Å²) in [6, 6.07) is -0.626. The molecule has 3 N–H and O–H groups in total. The zero-order chi connectivity index (χ0) is 9.84. The van der Waals surface area contributed by atoms with Gasteiger partial charge in [0.05, 0.1) is 12.2 Å². The van der Waals surface area contributed by atoms with E-state index in [1.165, 1.54) is 0 Å². The molecule has 1 fully saturated rings. The molecule has 0 aromatic heterocycles. The van der Waals surface area contributed by atoms with Gasteiger partial charge in [0.15, 0.2) is 0 Å². The minimum Gasteiger partial charge on any atom is -0.375 e. The summed E-state index contributed by atoms with van der Waals surface area (Å²) in [4.78, 5) is 10.4. The molecule has 2 amide bonds. The highest BCUT2D eigenvalue weighted by molar-refractivity contribution is 5.87. The second kappa shape index (κ2) is 4.23. The van der Waals surface area contributed by atoms with Crippen LogP contribution in [0.5, 0.6) is 0 Å². The first kappa shape index (κ1) is 9.98. The molecule has 0 spiro atoms. The summed E-state index contributed by atoms with van der Waals surface area (Å²) in [6.45, 7) is 3.96. The summed E-state index contributed by atoms with van der Waals surface area (Å²) in [6.07, 6.45) is 1.84. The maximum Gasteiger partial charge on any atom is 0.332 e. The Balaban J connectivity index is 2.49. The largest absolute Gasteiger partial charge is 0.375 e. The number of carbonyl (C=O) groups is 1. The number of nitrogens with zero attached hydrogens (tertiary/aromatic N) is 1. The van der Waals surface area contributed by atoms with Gasteiger partial charge in [0, 0.05) is 18.6 Å². The molecule has 1 rings (SSSR count). The zero-order valence-corrected chi connectivity index (χ0v) is 7.91. The molecule has 2 unspecified atom stereocenters. The van der Waals surface area contributed by atoms with Gasteiger partial charge in [-0.25, -0.2) is 10.2 Å². The molecule has 74 valence electrons. The first-order valence-electron chi connectivity index (χ1n) is 4.34. The van der Waals surface area contributed by atoms with Gasteiger partial charge in [-0.05, 0) is 13.8 Å². The van der Waals surface area contributed by atoms with Crippen molar-refractivity contribution in [3.63, 3.8) is 0 Å². The molecule has 13 heavy (non-hydrogen) atoms. The maximum absolute atomic E-state index is 10.4. The van der Waals surface area contributed by atoms with Crippen molar-refractivity contribution in [2.75, 3.05) is 0 Å². The monoisotopic (exact) mass is 185 g/mol. The molecule has 0 aromatic carbocycles. The van der Waals surface area contributed by atoms with E-state index in [2.05, 4.69) is 10.5 Å². The average molecular weight is 185 g/mol. The number of carbonyl (C=O) groups excluding carboxylic acids is 1. The van der Waals surface area contributed by atoms with Crippen LogP contribution in [0.2, 0.25) is 0 Å². The summed E-state index contributed by atoms with van der Waals surface area (Å²) in [5.41, 5.74) is 8.05. The highest BCUT2D eigenvalue weighted by Gasteiger charge is 2.20. The van der Waals surface area contributed by atoms with Crippen LogP contribution in [-0.2, 0) is 4.74 Å². The van der Waals surface area contributed by atoms with Crippen LogP contribution in [-0.4, -0.2) is 24.0 Å². The van der Waals surface area contributed by atoms with Crippen LogP contribution in [0.4, 0.5) is 4.79 Å². The molecule has 1 aliphatic rings. The second-order valence-electron chi connectivity index (χ2n) is 3.32. The predicted octanol–water partition coefficient (Wildman–Crippen LogP) is 0.598. The van der Waals surface area contributed by atoms with Crippen molar-refractivity contribution in [3.05, 3.63) is 0 Å². The summed E-state index contributed by atoms with van der Waals surface area (Å²) in [7, 11) is 0. The molecule has 2 atom stereocenters. The number of nitrogens with two attached hydrogens (primary N) is 1. The molecule has 1 heterocycles. The third-order valence-electron chi connectivity index (χ3n) is 1.83. The lowest BCUT2D eigenvalue weighted by Gasteiger charge is -2.26. The van der Waals surface area contributed by atoms with Crippen molar-refractivity contribution in [2.24, 2.45) is 10.8 Å². The Labute approximate surface area is 77.3 Å². The van der Waals surface area contributed by atoms with Gasteiger partial charge < -0.3 is 10.5 Å². The summed E-state index contributed by atoms with van der Waals surface area (Å²) >= 11 is 0. The van der Waals surface area contributed by atoms with Crippen LogP contribution >= 0.6 is 0 Å². The van der Waals surface area contributed by atoms with Crippen molar-refractivity contribution < 1.29 is 9.53 Å². The van der Waals surface area contributed by atoms with E-state index in [-0.39, 0.29) is 12.2 Å². The Morgan fingerprint density at radius 3 is 2.54 bits per heavy atom. The van der Waals surface area contributed by atoms with Crippen molar-refractivity contribution in [1.82, 2.24) is 5.43 Å². The molecule has 1 saturated heterocycles. The van der Waals surface area contributed by atoms with Gasteiger partial charge in [0.25, 0.3) is 0 Å². The summed E-state index contributed by atoms with van der Waals surface area (Å²) in [5.74, 6) is 0. The molecular weight excluding hydrogens is 170 g/mol. The first-order valence-corrected chi connectivity index (χ1v) is 4.34. The number of urea groups is 1. The van der Waals surface area contributed by atoms with Crippen molar-refractivity contribution in [2.45, 2.75) is 38.9 Å². The Bertz CT molecular complexity index is 215. The highest BCUT2D eigenvalue weighted by Crippen LogP contribution is 2.15. The number of hydrogen-bond donors (Lipinski definition) is 2. The Kier molecular flexibility index (Phi) is 3.25. The van der Waals surface area contributed by atoms with Crippen molar-refractivity contribution >= 4 is 11.7 Å². The van der Waals surface area contributed by atoms with Gasteiger partial charge in [-0.1, -0.05) is 0 Å². The lowest BCUT2D eigenvalue weighted by molar-refractivity contribution is 0.00361. The zero-order valence-electron chi connectivity index (χ0n) is 7.91. The average Bonchev–Trinajstić information content (AvgIpc) is 1.99. The van der Waals surface area contributed by atoms with Gasteiger partial charge in [-0.2, -0.15) is 5.10 Å². The van der Waals surface area contributed by atoms with E-state index in [1.54, 1.807) is 0 Å². The van der Waals surface area contributed by atoms with Gasteiger partial charge in [-0.15, -0.1) is 0 Å². The lowest BCUT2D eigenvalue weighted by Crippen LogP contribution is -2.32. The van der Waals surface area contributed by atoms with E-state index >= 15 is 0 Å². The Morgan fingerprint density at radius 1 is 1.54 bits per heavy atom. The number of nitrogens with one attached hydrogen (secondary N) is 1. The topological polar surface area (TPSA) is 76.7 Å². The molecule has 0 saturated carbocycles. The lowest BCUT2D eigenvalue weighted by atomic mass is 10.0. The van der Waals surface area contributed by atoms with Crippen molar-refractivity contribution in [1.29, 1.82) is 0 Å². The fourth-order valence-corrected chi connectivity index (χ4v) is 1.47. The van der Waals surface area contributed by atoms with Crippen LogP contribution < -0.4 is 11.2 Å². The SMILES string of the molecule is CC1CC(=NNC(N)=O)CC(C)O1. The van der Waals surface area contributed by atoms with Gasteiger partial charge in [-0.3, -0.25) is 0 Å². The second-order valence-corrected chi connectivity index (χ2v) is 3.32. The van der Waals surface area contributed by atoms with E-state index < -0.39 is 6.03 Å². The quantitative estimate of drug-likeness (QED) is 0.587. The maximum atomic E-state index is 10.4. The fourth-order valence-electron chi connectivity index (χ4n) is 1.47. The van der Waals surface area contributed by atoms with Gasteiger partial charge in [0.2, 0.25) is 0 Å². The minimum absolute atomic E-state index is 0.164. The summed E-state index contributed by atoms with van der Waals surface area (Å²) in [5, 5.41) is 3.90. The van der Waals surface area contributed by atoms with Crippen LogP contribution in [0.1, 0.15) is 26.7 Å². The summed E-state index contributed by atoms with van der Waals surface area (Å²) < 4.78 is 5.50. The standard InChI is InChI=1S/C8H15N3O2/c1-5-3-7(4-6(2)13-5)10-11-8(9)12/h5-6H,3-4H2,1-2H3,(H3,9,11,12). The number of hydrogen-bond acceptors (Lipinski definition) is 3. The molecule has 0 radical (unpaired) electrons. The van der Waals surface area contributed by atoms with Crippen LogP contribution in [0, 0.1) is 0 Å². The Hall–Kier alpha value is -1.10. The van der Waals surface area contributed by atoms with Crippen molar-refractivity contribution in [3.8, 4) is 0 Å². The fraction of sp³-hybridized carbons (Fsp3) is 0.750. The van der Waals surface area contributed by atoms with Gasteiger partial charge >= 0.3 is 6.03 Å². The van der Waals surface area contributed by atoms with E-state index in [4.69, 9.17) is 10.5 Å². The number of amides is 2. The number of rotatable bonds is 1.